The average Bonchev–Trinajstić information content (AvgIpc) is 2.86. The van der Waals surface area contributed by atoms with Crippen LogP contribution in [0.5, 0.6) is 0 Å². The third kappa shape index (κ3) is 2.76. The van der Waals surface area contributed by atoms with Crippen LogP contribution in [0.25, 0.3) is 0 Å². The number of nitrogens with one attached hydrogen (secondary N) is 1. The zero-order valence-corrected chi connectivity index (χ0v) is 9.95. The second kappa shape index (κ2) is 5.02. The normalized spacial score (nSPS) is 23.4. The molecule has 0 saturated carbocycles. The highest BCUT2D eigenvalue weighted by atomic mass is 19.1. The number of aliphatic hydroxyl groups excluding tert-OH is 1. The fourth-order valence-electron chi connectivity index (χ4n) is 2.17. The van der Waals surface area contributed by atoms with E-state index in [1.54, 1.807) is 12.1 Å². The van der Waals surface area contributed by atoms with Crippen LogP contribution in [0, 0.1) is 11.7 Å². The minimum Gasteiger partial charge on any atom is -0.394 e. The van der Waals surface area contributed by atoms with Gasteiger partial charge in [-0.1, -0.05) is 0 Å². The second-order valence-electron chi connectivity index (χ2n) is 4.77. The molecule has 2 atom stereocenters. The molecule has 0 radical (unpaired) electrons. The van der Waals surface area contributed by atoms with Crippen LogP contribution in [0.15, 0.2) is 24.3 Å². The summed E-state index contributed by atoms with van der Waals surface area (Å²) in [5.41, 5.74) is 0.392. The van der Waals surface area contributed by atoms with Gasteiger partial charge in [-0.2, -0.15) is 0 Å². The van der Waals surface area contributed by atoms with Gasteiger partial charge in [0.15, 0.2) is 0 Å². The van der Waals surface area contributed by atoms with Crippen molar-refractivity contribution in [2.75, 3.05) is 25.1 Å². The maximum Gasteiger partial charge on any atom is 0.123 e. The molecule has 1 saturated heterocycles. The van der Waals surface area contributed by atoms with E-state index in [-0.39, 0.29) is 18.3 Å². The lowest BCUT2D eigenvalue weighted by Gasteiger charge is -2.35. The van der Waals surface area contributed by atoms with Crippen molar-refractivity contribution in [1.82, 2.24) is 0 Å². The van der Waals surface area contributed by atoms with Crippen LogP contribution in [0.2, 0.25) is 0 Å². The second-order valence-corrected chi connectivity index (χ2v) is 4.77. The molecule has 3 nitrogen and oxygen atoms in total. The lowest BCUT2D eigenvalue weighted by atomic mass is 9.85. The number of rotatable bonds is 4. The van der Waals surface area contributed by atoms with Gasteiger partial charge in [0.2, 0.25) is 0 Å². The number of aliphatic hydroxyl groups is 1. The molecule has 1 aromatic carbocycles. The molecule has 1 fully saturated rings. The molecule has 1 aliphatic heterocycles. The summed E-state index contributed by atoms with van der Waals surface area (Å²) in [6.07, 6.45) is 0.936. The van der Waals surface area contributed by atoms with Gasteiger partial charge in [-0.05, 0) is 37.6 Å². The highest BCUT2D eigenvalue weighted by Gasteiger charge is 2.36. The predicted octanol–water partition coefficient (Wildman–Crippen LogP) is 2.03. The number of anilines is 1. The van der Waals surface area contributed by atoms with Crippen LogP contribution < -0.4 is 5.32 Å². The molecular formula is C13H18FNO2. The number of hydrogen-bond acceptors (Lipinski definition) is 3. The molecule has 0 bridgehead atoms. The van der Waals surface area contributed by atoms with Gasteiger partial charge in [0.25, 0.3) is 0 Å². The van der Waals surface area contributed by atoms with Crippen molar-refractivity contribution in [1.29, 1.82) is 0 Å². The van der Waals surface area contributed by atoms with Crippen molar-refractivity contribution in [2.24, 2.45) is 5.92 Å². The van der Waals surface area contributed by atoms with Crippen molar-refractivity contribution in [3.05, 3.63) is 30.1 Å². The number of ether oxygens (including phenoxy) is 1. The third-order valence-corrected chi connectivity index (χ3v) is 3.43. The van der Waals surface area contributed by atoms with Gasteiger partial charge >= 0.3 is 0 Å². The number of benzene rings is 1. The summed E-state index contributed by atoms with van der Waals surface area (Å²) < 4.78 is 18.2. The molecule has 2 rings (SSSR count). The Hall–Kier alpha value is -1.13. The third-order valence-electron chi connectivity index (χ3n) is 3.43. The molecule has 1 heterocycles. The van der Waals surface area contributed by atoms with E-state index < -0.39 is 5.54 Å². The van der Waals surface area contributed by atoms with Crippen LogP contribution in [0.1, 0.15) is 13.3 Å². The standard InChI is InChI=1S/C13H18FNO2/c1-13(9-16,10-6-7-17-8-10)15-12-4-2-11(14)3-5-12/h2-5,10,15-16H,6-9H2,1H3. The van der Waals surface area contributed by atoms with Gasteiger partial charge in [-0.3, -0.25) is 0 Å². The van der Waals surface area contributed by atoms with Crippen LogP contribution in [0.4, 0.5) is 10.1 Å². The van der Waals surface area contributed by atoms with E-state index >= 15 is 0 Å². The molecule has 0 aromatic heterocycles. The van der Waals surface area contributed by atoms with Gasteiger partial charge in [-0.25, -0.2) is 4.39 Å². The Kier molecular flexibility index (Phi) is 3.64. The highest BCUT2D eigenvalue weighted by molar-refractivity contribution is 5.45. The molecular weight excluding hydrogens is 221 g/mol. The lowest BCUT2D eigenvalue weighted by Crippen LogP contribution is -2.46. The van der Waals surface area contributed by atoms with E-state index in [2.05, 4.69) is 5.32 Å². The fraction of sp³-hybridized carbons (Fsp3) is 0.538. The summed E-state index contributed by atoms with van der Waals surface area (Å²) in [4.78, 5) is 0. The topological polar surface area (TPSA) is 41.5 Å². The first-order valence-corrected chi connectivity index (χ1v) is 5.86. The zero-order chi connectivity index (χ0) is 12.3. The van der Waals surface area contributed by atoms with Gasteiger partial charge in [0.1, 0.15) is 5.82 Å². The molecule has 2 N–H and O–H groups in total. The molecule has 2 unspecified atom stereocenters. The molecule has 0 amide bonds. The summed E-state index contributed by atoms with van der Waals surface area (Å²) in [5.74, 6) is 0.0167. The van der Waals surface area contributed by atoms with E-state index in [0.29, 0.717) is 6.61 Å². The summed E-state index contributed by atoms with van der Waals surface area (Å²) in [5, 5.41) is 12.8. The molecule has 1 aliphatic rings. The SMILES string of the molecule is CC(CO)(Nc1ccc(F)cc1)C1CCOC1. The Labute approximate surface area is 101 Å². The van der Waals surface area contributed by atoms with E-state index in [9.17, 15) is 9.50 Å². The maximum absolute atomic E-state index is 12.8. The van der Waals surface area contributed by atoms with Crippen LogP contribution in [-0.4, -0.2) is 30.5 Å². The Morgan fingerprint density at radius 1 is 1.47 bits per heavy atom. The predicted molar refractivity (Wildman–Crippen MR) is 64.4 cm³/mol. The van der Waals surface area contributed by atoms with Crippen molar-refractivity contribution in [2.45, 2.75) is 18.9 Å². The summed E-state index contributed by atoms with van der Waals surface area (Å²) >= 11 is 0. The monoisotopic (exact) mass is 239 g/mol. The van der Waals surface area contributed by atoms with E-state index in [1.807, 2.05) is 6.92 Å². The largest absolute Gasteiger partial charge is 0.394 e. The number of halogens is 1. The smallest absolute Gasteiger partial charge is 0.123 e. The zero-order valence-electron chi connectivity index (χ0n) is 9.95. The van der Waals surface area contributed by atoms with Crippen LogP contribution in [-0.2, 0) is 4.74 Å². The van der Waals surface area contributed by atoms with Gasteiger partial charge < -0.3 is 15.2 Å². The van der Waals surface area contributed by atoms with E-state index in [1.165, 1.54) is 12.1 Å². The van der Waals surface area contributed by atoms with Gasteiger partial charge in [-0.15, -0.1) is 0 Å². The minimum absolute atomic E-state index is 0.0262. The molecule has 0 spiro atoms. The molecule has 94 valence electrons. The van der Waals surface area contributed by atoms with Crippen molar-refractivity contribution < 1.29 is 14.2 Å². The molecule has 1 aromatic rings. The van der Waals surface area contributed by atoms with Gasteiger partial charge in [0.05, 0.1) is 18.8 Å². The van der Waals surface area contributed by atoms with Crippen molar-refractivity contribution in [3.63, 3.8) is 0 Å². The summed E-state index contributed by atoms with van der Waals surface area (Å²) in [6, 6.07) is 6.18. The lowest BCUT2D eigenvalue weighted by molar-refractivity contribution is 0.137. The van der Waals surface area contributed by atoms with E-state index in [0.717, 1.165) is 18.7 Å². The Bertz CT molecular complexity index is 362. The minimum atomic E-state index is -0.422. The average molecular weight is 239 g/mol. The van der Waals surface area contributed by atoms with Crippen molar-refractivity contribution >= 4 is 5.69 Å². The molecule has 0 aliphatic carbocycles. The maximum atomic E-state index is 12.8. The van der Waals surface area contributed by atoms with Crippen LogP contribution in [0.3, 0.4) is 0 Å². The van der Waals surface area contributed by atoms with Gasteiger partial charge in [0, 0.05) is 18.2 Å². The first-order valence-electron chi connectivity index (χ1n) is 5.86. The first kappa shape index (κ1) is 12.3. The highest BCUT2D eigenvalue weighted by Crippen LogP contribution is 2.29. The Balaban J connectivity index is 2.10. The van der Waals surface area contributed by atoms with Crippen LogP contribution >= 0.6 is 0 Å². The fourth-order valence-corrected chi connectivity index (χ4v) is 2.17. The Morgan fingerprint density at radius 2 is 2.18 bits per heavy atom. The van der Waals surface area contributed by atoms with E-state index in [4.69, 9.17) is 4.74 Å². The Morgan fingerprint density at radius 3 is 2.71 bits per heavy atom. The van der Waals surface area contributed by atoms with Crippen molar-refractivity contribution in [3.8, 4) is 0 Å². The quantitative estimate of drug-likeness (QED) is 0.844. The summed E-state index contributed by atoms with van der Waals surface area (Å²) in [6.45, 7) is 3.39. The number of hydrogen-bond donors (Lipinski definition) is 2. The summed E-state index contributed by atoms with van der Waals surface area (Å²) in [7, 11) is 0. The molecule has 4 heteroatoms. The molecule has 17 heavy (non-hydrogen) atoms. The first-order chi connectivity index (χ1) is 8.14.